The van der Waals surface area contributed by atoms with Crippen molar-refractivity contribution in [1.82, 2.24) is 0 Å². The normalized spacial score (nSPS) is 14.6. The molecule has 0 atom stereocenters. The predicted molar refractivity (Wildman–Crippen MR) is 61.2 cm³/mol. The number of carbonyl (C=O) groups excluding carboxylic acids is 1. The maximum atomic E-state index is 11.7. The highest BCUT2D eigenvalue weighted by atomic mass is 35.5. The van der Waals surface area contributed by atoms with Gasteiger partial charge in [-0.15, -0.1) is 0 Å². The summed E-state index contributed by atoms with van der Waals surface area (Å²) in [6.45, 7) is 1.06. The Hall–Kier alpha value is -1.26. The summed E-state index contributed by atoms with van der Waals surface area (Å²) in [7, 11) is 1.60. The predicted octanol–water partition coefficient (Wildman–Crippen LogP) is 1.71. The fourth-order valence-corrected chi connectivity index (χ4v) is 1.77. The Morgan fingerprint density at radius 2 is 2.38 bits per heavy atom. The maximum absolute atomic E-state index is 11.7. The van der Waals surface area contributed by atoms with Gasteiger partial charge in [-0.25, -0.2) is 0 Å². The van der Waals surface area contributed by atoms with Gasteiger partial charge in [0.1, 0.15) is 5.75 Å². The Kier molecular flexibility index (Phi) is 3.31. The molecule has 0 radical (unpaired) electrons. The van der Waals surface area contributed by atoms with Crippen LogP contribution in [-0.4, -0.2) is 32.8 Å². The van der Waals surface area contributed by atoms with Crippen molar-refractivity contribution >= 4 is 23.2 Å². The molecule has 16 heavy (non-hydrogen) atoms. The van der Waals surface area contributed by atoms with E-state index in [-0.39, 0.29) is 12.5 Å². The standard InChI is InChI=1S/C11H12ClNO3/c1-15-5-4-13-9-6-8(12)2-3-10(9)16-7-11(13)14/h2-3,6H,4-5,7H2,1H3. The number of benzene rings is 1. The third-order valence-electron chi connectivity index (χ3n) is 2.38. The minimum absolute atomic E-state index is 0.0678. The van der Waals surface area contributed by atoms with Gasteiger partial charge < -0.3 is 14.4 Å². The van der Waals surface area contributed by atoms with Crippen LogP contribution in [0.5, 0.6) is 5.75 Å². The molecule has 0 saturated heterocycles. The largest absolute Gasteiger partial charge is 0.482 e. The van der Waals surface area contributed by atoms with E-state index in [1.165, 1.54) is 0 Å². The van der Waals surface area contributed by atoms with Gasteiger partial charge >= 0.3 is 0 Å². The molecule has 5 heteroatoms. The van der Waals surface area contributed by atoms with Crippen LogP contribution >= 0.6 is 11.6 Å². The summed E-state index contributed by atoms with van der Waals surface area (Å²) < 4.78 is 10.3. The summed E-state index contributed by atoms with van der Waals surface area (Å²) >= 11 is 5.90. The highest BCUT2D eigenvalue weighted by Crippen LogP contribution is 2.34. The van der Waals surface area contributed by atoms with E-state index in [1.807, 2.05) is 0 Å². The highest BCUT2D eigenvalue weighted by Gasteiger charge is 2.25. The van der Waals surface area contributed by atoms with E-state index in [1.54, 1.807) is 30.2 Å². The van der Waals surface area contributed by atoms with Crippen LogP contribution in [0, 0.1) is 0 Å². The van der Waals surface area contributed by atoms with Crippen LogP contribution in [0.2, 0.25) is 5.02 Å². The van der Waals surface area contributed by atoms with Crippen molar-refractivity contribution in [1.29, 1.82) is 0 Å². The number of halogens is 1. The van der Waals surface area contributed by atoms with Gasteiger partial charge in [-0.05, 0) is 18.2 Å². The fourth-order valence-electron chi connectivity index (χ4n) is 1.60. The number of carbonyl (C=O) groups is 1. The van der Waals surface area contributed by atoms with Gasteiger partial charge in [0.05, 0.1) is 12.3 Å². The monoisotopic (exact) mass is 241 g/mol. The van der Waals surface area contributed by atoms with Gasteiger partial charge in [0.2, 0.25) is 0 Å². The Balaban J connectivity index is 2.31. The maximum Gasteiger partial charge on any atom is 0.265 e. The zero-order chi connectivity index (χ0) is 11.5. The summed E-state index contributed by atoms with van der Waals surface area (Å²) in [6.07, 6.45) is 0. The van der Waals surface area contributed by atoms with Crippen molar-refractivity contribution in [3.05, 3.63) is 23.2 Å². The van der Waals surface area contributed by atoms with Crippen LogP contribution < -0.4 is 9.64 Å². The van der Waals surface area contributed by atoms with Crippen molar-refractivity contribution in [2.24, 2.45) is 0 Å². The number of fused-ring (bicyclic) bond motifs is 1. The minimum atomic E-state index is -0.0770. The second-order valence-electron chi connectivity index (χ2n) is 3.44. The molecule has 1 aliphatic rings. The molecule has 86 valence electrons. The third-order valence-corrected chi connectivity index (χ3v) is 2.62. The number of amides is 1. The van der Waals surface area contributed by atoms with Gasteiger partial charge in [0, 0.05) is 18.7 Å². The van der Waals surface area contributed by atoms with Crippen molar-refractivity contribution in [3.63, 3.8) is 0 Å². The zero-order valence-electron chi connectivity index (χ0n) is 8.90. The van der Waals surface area contributed by atoms with Crippen LogP contribution in [0.15, 0.2) is 18.2 Å². The van der Waals surface area contributed by atoms with Gasteiger partial charge in [-0.1, -0.05) is 11.6 Å². The minimum Gasteiger partial charge on any atom is -0.482 e. The number of hydrogen-bond donors (Lipinski definition) is 0. The van der Waals surface area contributed by atoms with Crippen molar-refractivity contribution in [2.45, 2.75) is 0 Å². The van der Waals surface area contributed by atoms with Gasteiger partial charge in [0.25, 0.3) is 5.91 Å². The average Bonchev–Trinajstić information content (AvgIpc) is 2.28. The Morgan fingerprint density at radius 3 is 3.12 bits per heavy atom. The Labute approximate surface area is 98.7 Å². The molecule has 0 fully saturated rings. The van der Waals surface area contributed by atoms with E-state index in [0.717, 1.165) is 0 Å². The van der Waals surface area contributed by atoms with Crippen molar-refractivity contribution in [2.75, 3.05) is 31.8 Å². The molecular weight excluding hydrogens is 230 g/mol. The fraction of sp³-hybridized carbons (Fsp3) is 0.364. The van der Waals surface area contributed by atoms with Crippen LogP contribution in [0.25, 0.3) is 0 Å². The molecule has 1 aromatic carbocycles. The number of hydrogen-bond acceptors (Lipinski definition) is 3. The van der Waals surface area contributed by atoms with E-state index >= 15 is 0 Å². The van der Waals surface area contributed by atoms with E-state index in [2.05, 4.69) is 0 Å². The van der Waals surface area contributed by atoms with Gasteiger partial charge in [-0.2, -0.15) is 0 Å². The molecule has 0 aliphatic carbocycles. The molecular formula is C11H12ClNO3. The average molecular weight is 242 g/mol. The van der Waals surface area contributed by atoms with E-state index < -0.39 is 0 Å². The van der Waals surface area contributed by atoms with Crippen LogP contribution in [0.1, 0.15) is 0 Å². The highest BCUT2D eigenvalue weighted by molar-refractivity contribution is 6.31. The quantitative estimate of drug-likeness (QED) is 0.809. The second kappa shape index (κ2) is 4.72. The first-order chi connectivity index (χ1) is 7.72. The summed E-state index contributed by atoms with van der Waals surface area (Å²) in [5.74, 6) is 0.604. The molecule has 4 nitrogen and oxygen atoms in total. The molecule has 0 saturated carbocycles. The summed E-state index contributed by atoms with van der Waals surface area (Å²) in [5, 5.41) is 0.583. The first-order valence-electron chi connectivity index (χ1n) is 4.94. The van der Waals surface area contributed by atoms with E-state index in [4.69, 9.17) is 21.1 Å². The molecule has 1 aliphatic heterocycles. The lowest BCUT2D eigenvalue weighted by Gasteiger charge is -2.29. The number of rotatable bonds is 3. The Morgan fingerprint density at radius 1 is 1.56 bits per heavy atom. The Bertz CT molecular complexity index is 408. The second-order valence-corrected chi connectivity index (χ2v) is 3.88. The summed E-state index contributed by atoms with van der Waals surface area (Å²) in [6, 6.07) is 5.23. The first-order valence-corrected chi connectivity index (χ1v) is 5.32. The molecule has 0 N–H and O–H groups in total. The third kappa shape index (κ3) is 2.13. The lowest BCUT2D eigenvalue weighted by molar-refractivity contribution is -0.121. The van der Waals surface area contributed by atoms with Gasteiger partial charge in [0.15, 0.2) is 6.61 Å². The molecule has 0 spiro atoms. The number of methoxy groups -OCH3 is 1. The topological polar surface area (TPSA) is 38.8 Å². The molecule has 1 heterocycles. The molecule has 0 aromatic heterocycles. The van der Waals surface area contributed by atoms with Crippen LogP contribution in [0.3, 0.4) is 0 Å². The number of nitrogens with zero attached hydrogens (tertiary/aromatic N) is 1. The van der Waals surface area contributed by atoms with Gasteiger partial charge in [-0.3, -0.25) is 4.79 Å². The lowest BCUT2D eigenvalue weighted by Crippen LogP contribution is -2.40. The molecule has 0 bridgehead atoms. The van der Waals surface area contributed by atoms with Crippen LogP contribution in [-0.2, 0) is 9.53 Å². The first kappa shape index (κ1) is 11.2. The smallest absolute Gasteiger partial charge is 0.265 e. The van der Waals surface area contributed by atoms with Crippen LogP contribution in [0.4, 0.5) is 5.69 Å². The number of anilines is 1. The summed E-state index contributed by atoms with van der Waals surface area (Å²) in [4.78, 5) is 13.3. The molecule has 1 amide bonds. The van der Waals surface area contributed by atoms with Crippen molar-refractivity contribution in [3.8, 4) is 5.75 Å². The molecule has 1 aromatic rings. The number of ether oxygens (including phenoxy) is 2. The van der Waals surface area contributed by atoms with E-state index in [0.29, 0.717) is 29.6 Å². The zero-order valence-corrected chi connectivity index (χ0v) is 9.66. The van der Waals surface area contributed by atoms with Crippen molar-refractivity contribution < 1.29 is 14.3 Å². The lowest BCUT2D eigenvalue weighted by atomic mass is 10.2. The van der Waals surface area contributed by atoms with E-state index in [9.17, 15) is 4.79 Å². The summed E-state index contributed by atoms with van der Waals surface area (Å²) in [5.41, 5.74) is 0.709. The molecule has 2 rings (SSSR count). The molecule has 0 unspecified atom stereocenters. The SMILES string of the molecule is COCCN1C(=O)COc2ccc(Cl)cc21.